The highest BCUT2D eigenvalue weighted by Crippen LogP contribution is 2.26. The fourth-order valence-electron chi connectivity index (χ4n) is 2.53. The van der Waals surface area contributed by atoms with E-state index in [0.29, 0.717) is 17.9 Å². The van der Waals surface area contributed by atoms with E-state index in [9.17, 15) is 0 Å². The summed E-state index contributed by atoms with van der Waals surface area (Å²) in [4.78, 5) is 2.46. The molecule has 1 N–H and O–H groups in total. The molecule has 0 spiro atoms. The van der Waals surface area contributed by atoms with Gasteiger partial charge in [0.15, 0.2) is 0 Å². The summed E-state index contributed by atoms with van der Waals surface area (Å²) >= 11 is 0. The van der Waals surface area contributed by atoms with Crippen LogP contribution in [0.2, 0.25) is 0 Å². The molecule has 1 aliphatic heterocycles. The molecule has 0 bridgehead atoms. The highest BCUT2D eigenvalue weighted by Gasteiger charge is 2.25. The topological polar surface area (TPSA) is 23.5 Å². The molecule has 0 aromatic heterocycles. The second-order valence-corrected chi connectivity index (χ2v) is 6.47. The Morgan fingerprint density at radius 3 is 2.40 bits per heavy atom. The van der Waals surface area contributed by atoms with E-state index in [1.54, 1.807) is 0 Å². The molecule has 1 rings (SSSR count). The molecule has 15 heavy (non-hydrogen) atoms. The quantitative estimate of drug-likeness (QED) is 0.758. The minimum atomic E-state index is 0.369. The predicted octanol–water partition coefficient (Wildman–Crippen LogP) is 2.37. The lowest BCUT2D eigenvalue weighted by Crippen LogP contribution is -2.48. The van der Waals surface area contributed by atoms with Crippen molar-refractivity contribution in [2.75, 3.05) is 26.2 Å². The summed E-state index contributed by atoms with van der Waals surface area (Å²) in [6.45, 7) is 13.1. The van der Waals surface area contributed by atoms with Crippen LogP contribution in [0, 0.1) is 17.3 Å². The molecule has 0 aromatic carbocycles. The molecular formula is C13H27NO. The average Bonchev–Trinajstić information content (AvgIpc) is 1.98. The second-order valence-electron chi connectivity index (χ2n) is 6.47. The minimum Gasteiger partial charge on any atom is -0.396 e. The van der Waals surface area contributed by atoms with E-state index in [1.165, 1.54) is 19.4 Å². The van der Waals surface area contributed by atoms with E-state index in [4.69, 9.17) is 5.11 Å². The Labute approximate surface area is 94.7 Å². The molecule has 0 aromatic rings. The lowest BCUT2D eigenvalue weighted by Gasteiger charge is -2.39. The van der Waals surface area contributed by atoms with Crippen molar-refractivity contribution in [1.29, 1.82) is 0 Å². The molecule has 1 unspecified atom stereocenters. The van der Waals surface area contributed by atoms with Gasteiger partial charge in [0.05, 0.1) is 0 Å². The zero-order valence-corrected chi connectivity index (χ0v) is 10.8. The molecule has 1 heterocycles. The van der Waals surface area contributed by atoms with E-state index >= 15 is 0 Å². The smallest absolute Gasteiger partial charge is 0.0483 e. The van der Waals surface area contributed by atoms with Crippen LogP contribution in [0.15, 0.2) is 0 Å². The molecule has 1 saturated heterocycles. The van der Waals surface area contributed by atoms with Crippen molar-refractivity contribution in [2.45, 2.75) is 40.5 Å². The zero-order chi connectivity index (χ0) is 11.5. The number of aliphatic hydroxyl groups is 1. The first kappa shape index (κ1) is 13.0. The molecule has 90 valence electrons. The number of likely N-dealkylation sites (tertiary alicyclic amines) is 1. The zero-order valence-electron chi connectivity index (χ0n) is 10.8. The van der Waals surface area contributed by atoms with Gasteiger partial charge in [0.2, 0.25) is 0 Å². The number of aliphatic hydroxyl groups excluding tert-OH is 1. The van der Waals surface area contributed by atoms with Crippen molar-refractivity contribution in [3.63, 3.8) is 0 Å². The Hall–Kier alpha value is -0.0800. The number of rotatable bonds is 5. The van der Waals surface area contributed by atoms with Gasteiger partial charge in [0, 0.05) is 25.6 Å². The Morgan fingerprint density at radius 2 is 1.93 bits per heavy atom. The standard InChI is InChI=1S/C13H27NO/c1-11(7-13(2,3)4)5-6-14-8-12(9-14)10-15/h11-12,15H,5-10H2,1-4H3. The van der Waals surface area contributed by atoms with Gasteiger partial charge in [-0.1, -0.05) is 27.7 Å². The van der Waals surface area contributed by atoms with Crippen LogP contribution in [-0.2, 0) is 0 Å². The molecule has 1 aliphatic rings. The largest absolute Gasteiger partial charge is 0.396 e. The van der Waals surface area contributed by atoms with Crippen molar-refractivity contribution in [3.05, 3.63) is 0 Å². The molecule has 1 fully saturated rings. The summed E-state index contributed by atoms with van der Waals surface area (Å²) in [6.07, 6.45) is 2.61. The van der Waals surface area contributed by atoms with Crippen molar-refractivity contribution >= 4 is 0 Å². The Kier molecular flexibility index (Phi) is 4.60. The van der Waals surface area contributed by atoms with Crippen LogP contribution in [0.3, 0.4) is 0 Å². The summed E-state index contributed by atoms with van der Waals surface area (Å²) < 4.78 is 0. The molecule has 1 atom stereocenters. The highest BCUT2D eigenvalue weighted by molar-refractivity contribution is 4.79. The molecule has 0 aliphatic carbocycles. The van der Waals surface area contributed by atoms with Gasteiger partial charge in [0.25, 0.3) is 0 Å². The summed E-state index contributed by atoms with van der Waals surface area (Å²) in [6, 6.07) is 0. The first-order valence-electron chi connectivity index (χ1n) is 6.24. The van der Waals surface area contributed by atoms with E-state index in [1.807, 2.05) is 0 Å². The van der Waals surface area contributed by atoms with Gasteiger partial charge in [-0.25, -0.2) is 0 Å². The molecule has 0 radical (unpaired) electrons. The minimum absolute atomic E-state index is 0.369. The first-order valence-corrected chi connectivity index (χ1v) is 6.24. The summed E-state index contributed by atoms with van der Waals surface area (Å²) in [5, 5.41) is 8.91. The fourth-order valence-corrected chi connectivity index (χ4v) is 2.53. The van der Waals surface area contributed by atoms with Crippen LogP contribution >= 0.6 is 0 Å². The van der Waals surface area contributed by atoms with Crippen LogP contribution in [0.25, 0.3) is 0 Å². The number of nitrogens with zero attached hydrogens (tertiary/aromatic N) is 1. The van der Waals surface area contributed by atoms with E-state index in [0.717, 1.165) is 19.0 Å². The SMILES string of the molecule is CC(CCN1CC(CO)C1)CC(C)(C)C. The Balaban J connectivity index is 2.06. The van der Waals surface area contributed by atoms with Crippen LogP contribution in [-0.4, -0.2) is 36.2 Å². The summed E-state index contributed by atoms with van der Waals surface area (Å²) in [5.41, 5.74) is 0.460. The molecular weight excluding hydrogens is 186 g/mol. The van der Waals surface area contributed by atoms with Crippen LogP contribution in [0.4, 0.5) is 0 Å². The van der Waals surface area contributed by atoms with Crippen LogP contribution in [0.5, 0.6) is 0 Å². The normalized spacial score (nSPS) is 21.4. The lowest BCUT2D eigenvalue weighted by molar-refractivity contribution is 0.0488. The first-order chi connectivity index (χ1) is 6.90. The lowest BCUT2D eigenvalue weighted by atomic mass is 9.84. The van der Waals surface area contributed by atoms with Gasteiger partial charge in [-0.3, -0.25) is 0 Å². The van der Waals surface area contributed by atoms with Gasteiger partial charge in [-0.15, -0.1) is 0 Å². The molecule has 0 saturated carbocycles. The van der Waals surface area contributed by atoms with Crippen LogP contribution in [0.1, 0.15) is 40.5 Å². The van der Waals surface area contributed by atoms with Crippen molar-refractivity contribution in [1.82, 2.24) is 4.90 Å². The fraction of sp³-hybridized carbons (Fsp3) is 1.00. The summed E-state index contributed by atoms with van der Waals surface area (Å²) in [5.74, 6) is 1.38. The van der Waals surface area contributed by atoms with Gasteiger partial charge < -0.3 is 10.0 Å². The van der Waals surface area contributed by atoms with Crippen molar-refractivity contribution in [3.8, 4) is 0 Å². The monoisotopic (exact) mass is 213 g/mol. The van der Waals surface area contributed by atoms with Crippen molar-refractivity contribution in [2.24, 2.45) is 17.3 Å². The average molecular weight is 213 g/mol. The number of hydrogen-bond acceptors (Lipinski definition) is 2. The third-order valence-electron chi connectivity index (χ3n) is 3.19. The third-order valence-corrected chi connectivity index (χ3v) is 3.19. The van der Waals surface area contributed by atoms with Crippen LogP contribution < -0.4 is 0 Å². The summed E-state index contributed by atoms with van der Waals surface area (Å²) in [7, 11) is 0. The van der Waals surface area contributed by atoms with Crippen molar-refractivity contribution < 1.29 is 5.11 Å². The molecule has 2 heteroatoms. The maximum atomic E-state index is 8.91. The number of hydrogen-bond donors (Lipinski definition) is 1. The highest BCUT2D eigenvalue weighted by atomic mass is 16.3. The maximum Gasteiger partial charge on any atom is 0.0483 e. The van der Waals surface area contributed by atoms with E-state index in [-0.39, 0.29) is 0 Å². The van der Waals surface area contributed by atoms with Gasteiger partial charge >= 0.3 is 0 Å². The molecule has 0 amide bonds. The Bertz CT molecular complexity index is 179. The second kappa shape index (κ2) is 5.31. The third kappa shape index (κ3) is 4.98. The van der Waals surface area contributed by atoms with Gasteiger partial charge in [-0.2, -0.15) is 0 Å². The Morgan fingerprint density at radius 1 is 1.33 bits per heavy atom. The van der Waals surface area contributed by atoms with Gasteiger partial charge in [-0.05, 0) is 30.7 Å². The molecule has 2 nitrogen and oxygen atoms in total. The van der Waals surface area contributed by atoms with Gasteiger partial charge in [0.1, 0.15) is 0 Å². The predicted molar refractivity (Wildman–Crippen MR) is 64.9 cm³/mol. The van der Waals surface area contributed by atoms with E-state index in [2.05, 4.69) is 32.6 Å². The maximum absolute atomic E-state index is 8.91. The van der Waals surface area contributed by atoms with E-state index < -0.39 is 0 Å².